The van der Waals surface area contributed by atoms with Crippen molar-refractivity contribution in [2.24, 2.45) is 0 Å². The van der Waals surface area contributed by atoms with Crippen LogP contribution in [-0.4, -0.2) is 74.1 Å². The van der Waals surface area contributed by atoms with Gasteiger partial charge in [-0.2, -0.15) is 18.3 Å². The van der Waals surface area contributed by atoms with Gasteiger partial charge < -0.3 is 15.3 Å². The van der Waals surface area contributed by atoms with Gasteiger partial charge in [0, 0.05) is 62.3 Å². The predicted molar refractivity (Wildman–Crippen MR) is 154 cm³/mol. The number of carboxylic acid groups (broad SMARTS) is 1. The van der Waals surface area contributed by atoms with Crippen LogP contribution >= 0.6 is 0 Å². The van der Waals surface area contributed by atoms with Gasteiger partial charge in [0.2, 0.25) is 0 Å². The lowest BCUT2D eigenvalue weighted by molar-refractivity contribution is -0.138. The molecule has 1 aliphatic heterocycles. The molecule has 9 nitrogen and oxygen atoms in total. The molecule has 1 amide bonds. The number of piperazine rings is 1. The van der Waals surface area contributed by atoms with Gasteiger partial charge in [0.25, 0.3) is 5.91 Å². The van der Waals surface area contributed by atoms with Crippen molar-refractivity contribution in [3.05, 3.63) is 94.4 Å². The number of rotatable bonds is 7. The van der Waals surface area contributed by atoms with Crippen LogP contribution in [0.2, 0.25) is 0 Å². The van der Waals surface area contributed by atoms with Crippen LogP contribution in [0.3, 0.4) is 0 Å². The Morgan fingerprint density at radius 3 is 2.53 bits per heavy atom. The number of fused-ring (bicyclic) bond motifs is 1. The van der Waals surface area contributed by atoms with Gasteiger partial charge in [-0.3, -0.25) is 14.5 Å². The maximum atomic E-state index is 14.1. The van der Waals surface area contributed by atoms with Gasteiger partial charge in [0.1, 0.15) is 5.69 Å². The van der Waals surface area contributed by atoms with Gasteiger partial charge in [-0.25, -0.2) is 9.50 Å². The third-order valence-corrected chi connectivity index (χ3v) is 7.28. The summed E-state index contributed by atoms with van der Waals surface area (Å²) in [6.45, 7) is 4.59. The Hall–Kier alpha value is -4.73. The summed E-state index contributed by atoms with van der Waals surface area (Å²) in [4.78, 5) is 32.0. The molecule has 43 heavy (non-hydrogen) atoms. The number of aliphatic carboxylic acids is 1. The number of hydrogen-bond acceptors (Lipinski definition) is 6. The SMILES string of the molecule is Cc1ccc(C(=O)Nc2ccc(CN3CCN(CCC(=O)O)CC3)c(C(F)(F)F)c2)cc1C#Cc1cnc2cccnn12. The number of imidazole rings is 1. The third-order valence-electron chi connectivity index (χ3n) is 7.28. The molecule has 1 saturated heterocycles. The molecular formula is C31H29F3N6O3. The lowest BCUT2D eigenvalue weighted by Gasteiger charge is -2.34. The number of aromatic nitrogens is 3. The van der Waals surface area contributed by atoms with E-state index >= 15 is 0 Å². The molecule has 12 heteroatoms. The zero-order valence-corrected chi connectivity index (χ0v) is 23.4. The molecule has 2 aromatic heterocycles. The monoisotopic (exact) mass is 590 g/mol. The quantitative estimate of drug-likeness (QED) is 0.310. The van der Waals surface area contributed by atoms with E-state index in [1.165, 1.54) is 12.1 Å². The summed E-state index contributed by atoms with van der Waals surface area (Å²) >= 11 is 0. The lowest BCUT2D eigenvalue weighted by Crippen LogP contribution is -2.46. The summed E-state index contributed by atoms with van der Waals surface area (Å²) in [6, 6.07) is 12.3. The minimum Gasteiger partial charge on any atom is -0.481 e. The fourth-order valence-electron chi connectivity index (χ4n) is 4.87. The van der Waals surface area contributed by atoms with Gasteiger partial charge in [0.05, 0.1) is 18.2 Å². The summed E-state index contributed by atoms with van der Waals surface area (Å²) < 4.78 is 43.8. The molecule has 0 unspecified atom stereocenters. The maximum Gasteiger partial charge on any atom is 0.416 e. The van der Waals surface area contributed by atoms with Gasteiger partial charge in [-0.05, 0) is 60.4 Å². The highest BCUT2D eigenvalue weighted by atomic mass is 19.4. The fraction of sp³-hybridized carbons (Fsp3) is 0.290. The first-order valence-corrected chi connectivity index (χ1v) is 13.7. The number of nitrogens with zero attached hydrogens (tertiary/aromatic N) is 5. The van der Waals surface area contributed by atoms with Crippen molar-refractivity contribution >= 4 is 23.2 Å². The smallest absolute Gasteiger partial charge is 0.416 e. The second-order valence-electron chi connectivity index (χ2n) is 10.3. The molecule has 1 fully saturated rings. The second kappa shape index (κ2) is 12.6. The zero-order valence-electron chi connectivity index (χ0n) is 23.4. The Balaban J connectivity index is 1.28. The zero-order chi connectivity index (χ0) is 30.6. The average Bonchev–Trinajstić information content (AvgIpc) is 3.39. The van der Waals surface area contributed by atoms with Crippen molar-refractivity contribution in [2.75, 3.05) is 38.0 Å². The minimum absolute atomic E-state index is 0.0312. The Labute approximate surface area is 245 Å². The van der Waals surface area contributed by atoms with Gasteiger partial charge in [-0.1, -0.05) is 18.1 Å². The predicted octanol–water partition coefficient (Wildman–Crippen LogP) is 4.30. The van der Waals surface area contributed by atoms with Crippen LogP contribution < -0.4 is 5.32 Å². The van der Waals surface area contributed by atoms with E-state index in [4.69, 9.17) is 5.11 Å². The van der Waals surface area contributed by atoms with Crippen molar-refractivity contribution in [1.82, 2.24) is 24.4 Å². The van der Waals surface area contributed by atoms with E-state index in [1.54, 1.807) is 47.2 Å². The van der Waals surface area contributed by atoms with Crippen LogP contribution in [0.1, 0.15) is 44.7 Å². The molecule has 222 valence electrons. The molecule has 0 saturated carbocycles. The van der Waals surface area contributed by atoms with Crippen LogP contribution in [0.5, 0.6) is 0 Å². The standard InChI is InChI=1S/C31H29F3N6O3/c1-21-4-5-23(17-22(21)7-9-26-19-35-28-3-2-11-36-40(26)28)30(43)37-25-8-6-24(27(18-25)31(32,33)34)20-39-15-13-38(14-16-39)12-10-29(41)42/h2-6,8,11,17-19H,10,12-16,20H2,1H3,(H,37,43)(H,41,42). The molecule has 0 bridgehead atoms. The van der Waals surface area contributed by atoms with Crippen LogP contribution in [0.25, 0.3) is 5.65 Å². The molecule has 0 radical (unpaired) electrons. The number of carboxylic acids is 1. The van der Waals surface area contributed by atoms with Crippen LogP contribution in [0.4, 0.5) is 18.9 Å². The highest BCUT2D eigenvalue weighted by Crippen LogP contribution is 2.35. The normalized spacial score (nSPS) is 14.3. The van der Waals surface area contributed by atoms with Crippen molar-refractivity contribution < 1.29 is 27.9 Å². The number of nitrogens with one attached hydrogen (secondary N) is 1. The molecule has 2 aromatic carbocycles. The fourth-order valence-corrected chi connectivity index (χ4v) is 4.87. The van der Waals surface area contributed by atoms with E-state index in [-0.39, 0.29) is 29.8 Å². The third kappa shape index (κ3) is 7.38. The minimum atomic E-state index is -4.61. The van der Waals surface area contributed by atoms with E-state index in [2.05, 4.69) is 27.2 Å². The highest BCUT2D eigenvalue weighted by Gasteiger charge is 2.34. The first-order valence-electron chi connectivity index (χ1n) is 13.7. The summed E-state index contributed by atoms with van der Waals surface area (Å²) in [5.74, 6) is 4.63. The van der Waals surface area contributed by atoms with Crippen LogP contribution in [-0.2, 0) is 17.5 Å². The van der Waals surface area contributed by atoms with Crippen molar-refractivity contribution in [1.29, 1.82) is 0 Å². The van der Waals surface area contributed by atoms with E-state index in [1.807, 2.05) is 16.7 Å². The summed E-state index contributed by atoms with van der Waals surface area (Å²) in [5, 5.41) is 15.7. The maximum absolute atomic E-state index is 14.1. The number of amides is 1. The Morgan fingerprint density at radius 1 is 1.02 bits per heavy atom. The number of carbonyl (C=O) groups excluding carboxylic acids is 1. The van der Waals surface area contributed by atoms with Crippen LogP contribution in [0, 0.1) is 18.8 Å². The average molecular weight is 591 g/mol. The molecule has 5 rings (SSSR count). The largest absolute Gasteiger partial charge is 0.481 e. The highest BCUT2D eigenvalue weighted by molar-refractivity contribution is 6.04. The number of hydrogen-bond donors (Lipinski definition) is 2. The molecule has 3 heterocycles. The molecule has 0 spiro atoms. The van der Waals surface area contributed by atoms with E-state index in [9.17, 15) is 22.8 Å². The van der Waals surface area contributed by atoms with Crippen LogP contribution in [0.15, 0.2) is 60.9 Å². The number of anilines is 1. The number of alkyl halides is 3. The van der Waals surface area contributed by atoms with Crippen molar-refractivity contribution in [3.8, 4) is 11.8 Å². The first kappa shape index (κ1) is 29.8. The Bertz CT molecular complexity index is 1720. The number of benzene rings is 2. The molecular weight excluding hydrogens is 561 g/mol. The Kier molecular flexibility index (Phi) is 8.75. The van der Waals surface area contributed by atoms with E-state index in [0.717, 1.165) is 11.6 Å². The van der Waals surface area contributed by atoms with E-state index < -0.39 is 23.6 Å². The molecule has 0 atom stereocenters. The van der Waals surface area contributed by atoms with Gasteiger partial charge in [-0.15, -0.1) is 0 Å². The summed E-state index contributed by atoms with van der Waals surface area (Å²) in [6.07, 6.45) is -1.35. The topological polar surface area (TPSA) is 103 Å². The van der Waals surface area contributed by atoms with Gasteiger partial charge >= 0.3 is 12.1 Å². The molecule has 4 aromatic rings. The molecule has 2 N–H and O–H groups in total. The van der Waals surface area contributed by atoms with Crippen molar-refractivity contribution in [3.63, 3.8) is 0 Å². The number of aryl methyl sites for hydroxylation is 1. The van der Waals surface area contributed by atoms with Crippen molar-refractivity contribution in [2.45, 2.75) is 26.1 Å². The lowest BCUT2D eigenvalue weighted by atomic mass is 10.0. The summed E-state index contributed by atoms with van der Waals surface area (Å²) in [5.41, 5.74) is 2.23. The van der Waals surface area contributed by atoms with E-state index in [0.29, 0.717) is 49.6 Å². The molecule has 1 aliphatic rings. The molecule has 0 aliphatic carbocycles. The number of carbonyl (C=O) groups is 2. The Morgan fingerprint density at radius 2 is 1.79 bits per heavy atom. The van der Waals surface area contributed by atoms with Gasteiger partial charge in [0.15, 0.2) is 5.65 Å². The first-order chi connectivity index (χ1) is 20.6. The second-order valence-corrected chi connectivity index (χ2v) is 10.3. The summed E-state index contributed by atoms with van der Waals surface area (Å²) in [7, 11) is 0. The number of halogens is 3.